The van der Waals surface area contributed by atoms with E-state index < -0.39 is 0 Å². The molecular weight excluding hydrogens is 292 g/mol. The van der Waals surface area contributed by atoms with E-state index in [4.69, 9.17) is 15.5 Å². The van der Waals surface area contributed by atoms with Crippen molar-refractivity contribution in [1.82, 2.24) is 4.98 Å². The van der Waals surface area contributed by atoms with Crippen molar-refractivity contribution in [3.63, 3.8) is 0 Å². The smallest absolute Gasteiger partial charge is 0.119 e. The highest BCUT2D eigenvalue weighted by atomic mass is 32.1. The van der Waals surface area contributed by atoms with Crippen molar-refractivity contribution in [2.75, 3.05) is 13.2 Å². The van der Waals surface area contributed by atoms with Gasteiger partial charge in [-0.3, -0.25) is 0 Å². The average molecular weight is 318 g/mol. The van der Waals surface area contributed by atoms with E-state index in [2.05, 4.69) is 38.3 Å². The van der Waals surface area contributed by atoms with Crippen molar-refractivity contribution in [2.24, 2.45) is 5.73 Å². The van der Waals surface area contributed by atoms with Gasteiger partial charge in [-0.05, 0) is 44.0 Å². The van der Waals surface area contributed by atoms with Gasteiger partial charge in [-0.15, -0.1) is 11.3 Å². The SMILES string of the molecule is Cc1cccc(OCCCC(C)(C)c2nc(CCN)cs2)c1. The second-order valence-corrected chi connectivity index (χ2v) is 7.19. The van der Waals surface area contributed by atoms with Gasteiger partial charge in [-0.2, -0.15) is 0 Å². The molecule has 2 N–H and O–H groups in total. The van der Waals surface area contributed by atoms with Gasteiger partial charge in [0.1, 0.15) is 5.75 Å². The van der Waals surface area contributed by atoms with Crippen molar-refractivity contribution < 1.29 is 4.74 Å². The lowest BCUT2D eigenvalue weighted by molar-refractivity contribution is 0.288. The van der Waals surface area contributed by atoms with Crippen LogP contribution >= 0.6 is 11.3 Å². The molecule has 0 spiro atoms. The quantitative estimate of drug-likeness (QED) is 0.746. The molecular formula is C18H26N2OS. The first-order valence-electron chi connectivity index (χ1n) is 7.86. The Morgan fingerprint density at radius 2 is 2.14 bits per heavy atom. The molecule has 0 atom stereocenters. The second kappa shape index (κ2) is 7.75. The minimum absolute atomic E-state index is 0.0908. The van der Waals surface area contributed by atoms with Crippen LogP contribution < -0.4 is 10.5 Å². The Bertz CT molecular complexity index is 592. The first kappa shape index (κ1) is 17.0. The van der Waals surface area contributed by atoms with Crippen LogP contribution in [0, 0.1) is 6.92 Å². The third-order valence-corrected chi connectivity index (χ3v) is 4.99. The van der Waals surface area contributed by atoms with E-state index in [0.717, 1.165) is 37.3 Å². The van der Waals surface area contributed by atoms with Crippen molar-refractivity contribution in [3.8, 4) is 5.75 Å². The second-order valence-electron chi connectivity index (χ2n) is 6.34. The lowest BCUT2D eigenvalue weighted by atomic mass is 9.89. The summed E-state index contributed by atoms with van der Waals surface area (Å²) in [4.78, 5) is 4.72. The number of thiazole rings is 1. The number of aromatic nitrogens is 1. The van der Waals surface area contributed by atoms with Crippen LogP contribution in [0.2, 0.25) is 0 Å². The Balaban J connectivity index is 1.81. The zero-order valence-electron chi connectivity index (χ0n) is 13.8. The fourth-order valence-corrected chi connectivity index (χ4v) is 3.41. The fourth-order valence-electron chi connectivity index (χ4n) is 2.40. The summed E-state index contributed by atoms with van der Waals surface area (Å²) in [7, 11) is 0. The van der Waals surface area contributed by atoms with Crippen LogP contribution in [0.15, 0.2) is 29.6 Å². The molecule has 4 heteroatoms. The molecule has 1 heterocycles. The highest BCUT2D eigenvalue weighted by Crippen LogP contribution is 2.31. The molecule has 0 amide bonds. The first-order chi connectivity index (χ1) is 10.5. The number of hydrogen-bond donors (Lipinski definition) is 1. The molecule has 2 rings (SSSR count). The predicted molar refractivity (Wildman–Crippen MR) is 93.8 cm³/mol. The number of nitrogens with two attached hydrogens (primary N) is 1. The molecule has 0 aliphatic carbocycles. The van der Waals surface area contributed by atoms with Crippen molar-refractivity contribution in [3.05, 3.63) is 45.9 Å². The van der Waals surface area contributed by atoms with E-state index >= 15 is 0 Å². The Morgan fingerprint density at radius 3 is 2.86 bits per heavy atom. The molecule has 0 radical (unpaired) electrons. The largest absolute Gasteiger partial charge is 0.494 e. The highest BCUT2D eigenvalue weighted by Gasteiger charge is 2.23. The molecule has 0 bridgehead atoms. The van der Waals surface area contributed by atoms with Crippen LogP contribution in [0.3, 0.4) is 0 Å². The topological polar surface area (TPSA) is 48.1 Å². The molecule has 0 unspecified atom stereocenters. The normalized spacial score (nSPS) is 11.6. The van der Waals surface area contributed by atoms with Gasteiger partial charge < -0.3 is 10.5 Å². The molecule has 0 aliphatic heterocycles. The van der Waals surface area contributed by atoms with Gasteiger partial charge in [0.25, 0.3) is 0 Å². The monoisotopic (exact) mass is 318 g/mol. The number of benzene rings is 1. The van der Waals surface area contributed by atoms with Crippen LogP contribution in [-0.2, 0) is 11.8 Å². The molecule has 0 saturated heterocycles. The maximum Gasteiger partial charge on any atom is 0.119 e. The van der Waals surface area contributed by atoms with Gasteiger partial charge in [-0.25, -0.2) is 4.98 Å². The Hall–Kier alpha value is -1.39. The maximum absolute atomic E-state index is 5.83. The van der Waals surface area contributed by atoms with Crippen LogP contribution in [-0.4, -0.2) is 18.1 Å². The van der Waals surface area contributed by atoms with Gasteiger partial charge >= 0.3 is 0 Å². The molecule has 22 heavy (non-hydrogen) atoms. The van der Waals surface area contributed by atoms with Crippen LogP contribution in [0.4, 0.5) is 0 Å². The summed E-state index contributed by atoms with van der Waals surface area (Å²) < 4.78 is 5.83. The van der Waals surface area contributed by atoms with E-state index in [1.165, 1.54) is 10.6 Å². The number of rotatable bonds is 8. The molecule has 3 nitrogen and oxygen atoms in total. The minimum atomic E-state index is 0.0908. The van der Waals surface area contributed by atoms with Crippen molar-refractivity contribution in [1.29, 1.82) is 0 Å². The molecule has 120 valence electrons. The summed E-state index contributed by atoms with van der Waals surface area (Å²) in [5.41, 5.74) is 8.03. The van der Waals surface area contributed by atoms with Crippen molar-refractivity contribution >= 4 is 11.3 Å². The molecule has 2 aromatic rings. The maximum atomic E-state index is 5.83. The molecule has 0 aliphatic rings. The molecule has 0 fully saturated rings. The lowest BCUT2D eigenvalue weighted by Crippen LogP contribution is -2.18. The van der Waals surface area contributed by atoms with Gasteiger partial charge in [-0.1, -0.05) is 26.0 Å². The minimum Gasteiger partial charge on any atom is -0.494 e. The number of ether oxygens (including phenoxy) is 1. The van der Waals surface area contributed by atoms with Crippen LogP contribution in [0.25, 0.3) is 0 Å². The third kappa shape index (κ3) is 4.82. The molecule has 0 saturated carbocycles. The number of aryl methyl sites for hydroxylation is 1. The van der Waals surface area contributed by atoms with Gasteiger partial charge in [0.2, 0.25) is 0 Å². The summed E-state index contributed by atoms with van der Waals surface area (Å²) in [5.74, 6) is 0.956. The molecule has 1 aromatic carbocycles. The highest BCUT2D eigenvalue weighted by molar-refractivity contribution is 7.09. The van der Waals surface area contributed by atoms with Crippen LogP contribution in [0.1, 0.15) is 43.0 Å². The first-order valence-corrected chi connectivity index (χ1v) is 8.73. The zero-order valence-corrected chi connectivity index (χ0v) is 14.6. The summed E-state index contributed by atoms with van der Waals surface area (Å²) in [6.07, 6.45) is 2.95. The van der Waals surface area contributed by atoms with E-state index in [9.17, 15) is 0 Å². The number of hydrogen-bond acceptors (Lipinski definition) is 4. The Morgan fingerprint density at radius 1 is 1.32 bits per heavy atom. The standard InChI is InChI=1S/C18H26N2OS/c1-14-6-4-7-16(12-14)21-11-5-9-18(2,3)17-20-15(8-10-19)13-22-17/h4,6-7,12-13H,5,8-11,19H2,1-3H3. The lowest BCUT2D eigenvalue weighted by Gasteiger charge is -2.21. The van der Waals surface area contributed by atoms with E-state index in [0.29, 0.717) is 6.54 Å². The van der Waals surface area contributed by atoms with Gasteiger partial charge in [0.05, 0.1) is 17.3 Å². The van der Waals surface area contributed by atoms with Gasteiger partial charge in [0, 0.05) is 17.2 Å². The van der Waals surface area contributed by atoms with E-state index in [-0.39, 0.29) is 5.41 Å². The Labute approximate surface area is 137 Å². The van der Waals surface area contributed by atoms with E-state index in [1.807, 2.05) is 12.1 Å². The summed E-state index contributed by atoms with van der Waals surface area (Å²) in [5, 5.41) is 3.33. The van der Waals surface area contributed by atoms with E-state index in [1.54, 1.807) is 11.3 Å². The third-order valence-electron chi connectivity index (χ3n) is 3.74. The van der Waals surface area contributed by atoms with Crippen LogP contribution in [0.5, 0.6) is 5.75 Å². The zero-order chi connectivity index (χ0) is 16.0. The van der Waals surface area contributed by atoms with Crippen molar-refractivity contribution in [2.45, 2.75) is 45.4 Å². The summed E-state index contributed by atoms with van der Waals surface area (Å²) >= 11 is 1.75. The average Bonchev–Trinajstić information content (AvgIpc) is 2.94. The summed E-state index contributed by atoms with van der Waals surface area (Å²) in [6, 6.07) is 8.20. The predicted octanol–water partition coefficient (Wildman–Crippen LogP) is 4.09. The summed E-state index contributed by atoms with van der Waals surface area (Å²) in [6.45, 7) is 7.99. The Kier molecular flexibility index (Phi) is 5.98. The van der Waals surface area contributed by atoms with Gasteiger partial charge in [0.15, 0.2) is 0 Å². The molecule has 1 aromatic heterocycles. The number of nitrogens with zero attached hydrogens (tertiary/aromatic N) is 1. The fraction of sp³-hybridized carbons (Fsp3) is 0.500.